The molecule has 0 aromatic heterocycles. The van der Waals surface area contributed by atoms with Crippen LogP contribution in [0.3, 0.4) is 0 Å². The van der Waals surface area contributed by atoms with Gasteiger partial charge in [0, 0.05) is 19.4 Å². The van der Waals surface area contributed by atoms with Gasteiger partial charge in [-0.15, -0.1) is 0 Å². The lowest BCUT2D eigenvalue weighted by molar-refractivity contribution is -0.140. The first-order valence-electron chi connectivity index (χ1n) is 8.36. The normalized spacial score (nSPS) is 17.0. The molecule has 1 aromatic carbocycles. The molecular formula is C18H23BrN2O6. The minimum Gasteiger partial charge on any atom is -0.503 e. The van der Waals surface area contributed by atoms with E-state index in [9.17, 15) is 14.7 Å². The molecule has 0 radical (unpaired) electrons. The van der Waals surface area contributed by atoms with E-state index in [2.05, 4.69) is 21.2 Å². The predicted molar refractivity (Wildman–Crippen MR) is 102 cm³/mol. The molecule has 0 saturated carbocycles. The Morgan fingerprint density at radius 1 is 1.33 bits per heavy atom. The van der Waals surface area contributed by atoms with Crippen molar-refractivity contribution in [3.8, 4) is 11.5 Å². The number of carbonyl (C=O) groups excluding carboxylic acids is 2. The van der Waals surface area contributed by atoms with E-state index in [4.69, 9.17) is 14.2 Å². The van der Waals surface area contributed by atoms with Crippen LogP contribution in [0.25, 0.3) is 0 Å². The number of nitrogens with zero attached hydrogens (tertiary/aromatic N) is 1. The standard InChI is InChI=1S/C18H23BrN2O6/c1-5-21-10(2)14(17(23)27-7-6-25-3)15(20-18(21)24)11-8-12(19)16(22)13(9-11)26-4/h8-9,15,22H,5-7H2,1-4H3,(H,20,24)/t15-/m0/s1. The third-order valence-corrected chi connectivity index (χ3v) is 4.86. The maximum atomic E-state index is 12.7. The van der Waals surface area contributed by atoms with Gasteiger partial charge in [0.2, 0.25) is 0 Å². The summed E-state index contributed by atoms with van der Waals surface area (Å²) in [4.78, 5) is 26.7. The number of methoxy groups -OCH3 is 2. The second-order valence-corrected chi connectivity index (χ2v) is 6.66. The molecule has 0 unspecified atom stereocenters. The van der Waals surface area contributed by atoms with E-state index in [1.165, 1.54) is 19.1 Å². The van der Waals surface area contributed by atoms with Crippen molar-refractivity contribution >= 4 is 27.9 Å². The molecule has 0 fully saturated rings. The summed E-state index contributed by atoms with van der Waals surface area (Å²) < 4.78 is 15.8. The predicted octanol–water partition coefficient (Wildman–Crippen LogP) is 2.71. The summed E-state index contributed by atoms with van der Waals surface area (Å²) in [6, 6.07) is 2.13. The molecule has 0 saturated heterocycles. The van der Waals surface area contributed by atoms with E-state index in [0.717, 1.165) is 0 Å². The number of rotatable bonds is 7. The highest BCUT2D eigenvalue weighted by atomic mass is 79.9. The highest BCUT2D eigenvalue weighted by molar-refractivity contribution is 9.10. The van der Waals surface area contributed by atoms with Gasteiger partial charge in [-0.25, -0.2) is 9.59 Å². The number of nitrogens with one attached hydrogen (secondary N) is 1. The summed E-state index contributed by atoms with van der Waals surface area (Å²) in [5.41, 5.74) is 1.39. The maximum Gasteiger partial charge on any atom is 0.338 e. The zero-order valence-electron chi connectivity index (χ0n) is 15.7. The van der Waals surface area contributed by atoms with Gasteiger partial charge in [-0.1, -0.05) is 0 Å². The van der Waals surface area contributed by atoms with Gasteiger partial charge < -0.3 is 24.6 Å². The van der Waals surface area contributed by atoms with E-state index >= 15 is 0 Å². The Kier molecular flexibility index (Phi) is 7.09. The van der Waals surface area contributed by atoms with Crippen molar-refractivity contribution in [2.24, 2.45) is 0 Å². The Morgan fingerprint density at radius 3 is 2.63 bits per heavy atom. The SMILES string of the molecule is CCN1C(=O)N[C@@H](c2cc(Br)c(O)c(OC)c2)C(C(=O)OCCOC)=C1C. The van der Waals surface area contributed by atoms with Gasteiger partial charge >= 0.3 is 12.0 Å². The van der Waals surface area contributed by atoms with E-state index in [1.807, 2.05) is 6.92 Å². The Hall–Kier alpha value is -2.26. The van der Waals surface area contributed by atoms with Crippen LogP contribution in [-0.4, -0.2) is 56.0 Å². The van der Waals surface area contributed by atoms with Crippen molar-refractivity contribution in [2.75, 3.05) is 34.0 Å². The Labute approximate surface area is 166 Å². The average molecular weight is 443 g/mol. The van der Waals surface area contributed by atoms with Crippen molar-refractivity contribution in [1.29, 1.82) is 0 Å². The largest absolute Gasteiger partial charge is 0.503 e. The summed E-state index contributed by atoms with van der Waals surface area (Å²) >= 11 is 3.27. The Bertz CT molecular complexity index is 764. The number of allylic oxidation sites excluding steroid dienone is 1. The molecule has 1 aliphatic heterocycles. The summed E-state index contributed by atoms with van der Waals surface area (Å²) in [6.45, 7) is 4.29. The number of phenols is 1. The molecule has 0 spiro atoms. The fourth-order valence-electron chi connectivity index (χ4n) is 2.89. The number of benzene rings is 1. The summed E-state index contributed by atoms with van der Waals surface area (Å²) in [7, 11) is 2.94. The minimum absolute atomic E-state index is 0.0662. The molecule has 148 valence electrons. The van der Waals surface area contributed by atoms with Crippen LogP contribution in [0.1, 0.15) is 25.5 Å². The summed E-state index contributed by atoms with van der Waals surface area (Å²) in [5.74, 6) is -0.393. The van der Waals surface area contributed by atoms with Crippen LogP contribution in [0.4, 0.5) is 4.79 Å². The average Bonchev–Trinajstić information content (AvgIpc) is 2.63. The number of urea groups is 1. The molecule has 2 rings (SSSR count). The van der Waals surface area contributed by atoms with Crippen LogP contribution in [-0.2, 0) is 14.3 Å². The van der Waals surface area contributed by atoms with Crippen molar-refractivity contribution < 1.29 is 28.9 Å². The summed E-state index contributed by atoms with van der Waals surface area (Å²) in [5, 5.41) is 12.9. The fourth-order valence-corrected chi connectivity index (χ4v) is 3.35. The van der Waals surface area contributed by atoms with E-state index in [1.54, 1.807) is 19.1 Å². The van der Waals surface area contributed by atoms with E-state index in [0.29, 0.717) is 27.9 Å². The molecule has 1 aromatic rings. The smallest absolute Gasteiger partial charge is 0.338 e. The summed E-state index contributed by atoms with van der Waals surface area (Å²) in [6.07, 6.45) is 0. The van der Waals surface area contributed by atoms with Gasteiger partial charge in [0.05, 0.1) is 29.8 Å². The molecule has 1 heterocycles. The number of hydrogen-bond acceptors (Lipinski definition) is 6. The number of amides is 2. The van der Waals surface area contributed by atoms with Gasteiger partial charge in [-0.3, -0.25) is 4.90 Å². The molecule has 27 heavy (non-hydrogen) atoms. The molecule has 2 N–H and O–H groups in total. The molecule has 1 atom stereocenters. The Morgan fingerprint density at radius 2 is 2.04 bits per heavy atom. The highest BCUT2D eigenvalue weighted by Crippen LogP contribution is 2.40. The van der Waals surface area contributed by atoms with Crippen molar-refractivity contribution in [3.05, 3.63) is 33.4 Å². The first-order chi connectivity index (χ1) is 12.8. The monoisotopic (exact) mass is 442 g/mol. The quantitative estimate of drug-likeness (QED) is 0.497. The number of esters is 1. The number of hydrogen-bond donors (Lipinski definition) is 2. The third-order valence-electron chi connectivity index (χ3n) is 4.26. The van der Waals surface area contributed by atoms with Crippen LogP contribution >= 0.6 is 15.9 Å². The second-order valence-electron chi connectivity index (χ2n) is 5.81. The topological polar surface area (TPSA) is 97.3 Å². The van der Waals surface area contributed by atoms with Gasteiger partial charge in [0.1, 0.15) is 6.61 Å². The lowest BCUT2D eigenvalue weighted by atomic mass is 9.94. The number of phenolic OH excluding ortho intramolecular Hbond substituents is 1. The fraction of sp³-hybridized carbons (Fsp3) is 0.444. The van der Waals surface area contributed by atoms with Gasteiger partial charge in [0.25, 0.3) is 0 Å². The molecule has 2 amide bonds. The lowest BCUT2D eigenvalue weighted by Crippen LogP contribution is -2.48. The first kappa shape index (κ1) is 21.0. The van der Waals surface area contributed by atoms with Crippen LogP contribution in [0.15, 0.2) is 27.9 Å². The molecule has 8 nitrogen and oxygen atoms in total. The van der Waals surface area contributed by atoms with Crippen molar-refractivity contribution in [1.82, 2.24) is 10.2 Å². The van der Waals surface area contributed by atoms with Crippen molar-refractivity contribution in [3.63, 3.8) is 0 Å². The highest BCUT2D eigenvalue weighted by Gasteiger charge is 2.36. The van der Waals surface area contributed by atoms with E-state index in [-0.39, 0.29) is 30.7 Å². The zero-order chi connectivity index (χ0) is 20.1. The Balaban J connectivity index is 2.52. The van der Waals surface area contributed by atoms with Gasteiger partial charge in [-0.05, 0) is 47.5 Å². The maximum absolute atomic E-state index is 12.7. The molecule has 0 bridgehead atoms. The van der Waals surface area contributed by atoms with Gasteiger partial charge in [0.15, 0.2) is 11.5 Å². The van der Waals surface area contributed by atoms with Crippen molar-refractivity contribution in [2.45, 2.75) is 19.9 Å². The minimum atomic E-state index is -0.749. The first-order valence-corrected chi connectivity index (χ1v) is 9.16. The second kappa shape index (κ2) is 9.09. The van der Waals surface area contributed by atoms with Crippen LogP contribution in [0.5, 0.6) is 11.5 Å². The van der Waals surface area contributed by atoms with Gasteiger partial charge in [-0.2, -0.15) is 0 Å². The molecular weight excluding hydrogens is 420 g/mol. The van der Waals surface area contributed by atoms with E-state index < -0.39 is 12.0 Å². The number of ether oxygens (including phenoxy) is 3. The van der Waals surface area contributed by atoms with Crippen LogP contribution in [0.2, 0.25) is 0 Å². The van der Waals surface area contributed by atoms with Crippen LogP contribution in [0, 0.1) is 0 Å². The number of aromatic hydroxyl groups is 1. The lowest BCUT2D eigenvalue weighted by Gasteiger charge is -2.35. The molecule has 0 aliphatic carbocycles. The number of halogens is 1. The molecule has 9 heteroatoms. The van der Waals surface area contributed by atoms with Crippen LogP contribution < -0.4 is 10.1 Å². The third kappa shape index (κ3) is 4.36. The molecule has 1 aliphatic rings. The zero-order valence-corrected chi connectivity index (χ0v) is 17.3. The number of carbonyl (C=O) groups is 2.